The molecule has 0 aliphatic heterocycles. The number of alkyl halides is 2. The summed E-state index contributed by atoms with van der Waals surface area (Å²) in [6, 6.07) is 10.0. The Morgan fingerprint density at radius 2 is 1.87 bits per heavy atom. The Morgan fingerprint density at radius 1 is 1.17 bits per heavy atom. The summed E-state index contributed by atoms with van der Waals surface area (Å²) in [6.45, 7) is -2.89. The minimum atomic E-state index is -2.89. The Balaban J connectivity index is 1.97. The molecule has 0 fully saturated rings. The van der Waals surface area contributed by atoms with Gasteiger partial charge in [-0.2, -0.15) is 8.78 Å². The molecule has 7 heteroatoms. The van der Waals surface area contributed by atoms with Crippen molar-refractivity contribution in [2.24, 2.45) is 0 Å². The van der Waals surface area contributed by atoms with Gasteiger partial charge in [-0.05, 0) is 42.0 Å². The van der Waals surface area contributed by atoms with Crippen LogP contribution < -0.4 is 10.1 Å². The second-order valence-corrected chi connectivity index (χ2v) is 5.31. The van der Waals surface area contributed by atoms with Crippen LogP contribution >= 0.6 is 15.9 Å². The lowest BCUT2D eigenvalue weighted by Gasteiger charge is -2.05. The van der Waals surface area contributed by atoms with Crippen LogP contribution in [0.5, 0.6) is 5.75 Å². The zero-order valence-corrected chi connectivity index (χ0v) is 13.2. The largest absolute Gasteiger partial charge is 0.435 e. The molecular weight excluding hydrogens is 375 g/mol. The fourth-order valence-electron chi connectivity index (χ4n) is 1.70. The molecule has 0 bridgehead atoms. The lowest BCUT2D eigenvalue weighted by molar-refractivity contribution is -0.111. The Labute approximate surface area is 138 Å². The van der Waals surface area contributed by atoms with Gasteiger partial charge in [0, 0.05) is 10.5 Å². The molecule has 1 amide bonds. The van der Waals surface area contributed by atoms with Gasteiger partial charge in [0.2, 0.25) is 5.91 Å². The summed E-state index contributed by atoms with van der Waals surface area (Å²) in [6.07, 6.45) is 2.68. The molecule has 120 valence electrons. The van der Waals surface area contributed by atoms with E-state index < -0.39 is 18.3 Å². The van der Waals surface area contributed by atoms with Crippen LogP contribution in [-0.2, 0) is 4.79 Å². The maximum atomic E-state index is 13.6. The van der Waals surface area contributed by atoms with Crippen LogP contribution in [0, 0.1) is 5.82 Å². The van der Waals surface area contributed by atoms with Crippen molar-refractivity contribution in [3.63, 3.8) is 0 Å². The number of rotatable bonds is 5. The van der Waals surface area contributed by atoms with Crippen LogP contribution in [0.1, 0.15) is 5.56 Å². The highest BCUT2D eigenvalue weighted by Gasteiger charge is 2.05. The Bertz CT molecular complexity index is 718. The monoisotopic (exact) mass is 385 g/mol. The zero-order chi connectivity index (χ0) is 16.8. The number of halogens is 4. The summed E-state index contributed by atoms with van der Waals surface area (Å²) in [5.74, 6) is -1.05. The van der Waals surface area contributed by atoms with E-state index in [1.54, 1.807) is 6.07 Å². The average molecular weight is 386 g/mol. The molecule has 1 N–H and O–H groups in total. The highest BCUT2D eigenvalue weighted by atomic mass is 79.9. The van der Waals surface area contributed by atoms with Gasteiger partial charge < -0.3 is 10.1 Å². The fourth-order valence-corrected chi connectivity index (χ4v) is 2.03. The standard InChI is InChI=1S/C16H11BrF3NO2/c17-11-4-7-14(13(18)9-11)21-15(22)8-3-10-1-5-12(6-2-10)23-16(19)20/h1-9,16H,(H,21,22)/b8-3+. The van der Waals surface area contributed by atoms with Crippen molar-refractivity contribution in [2.75, 3.05) is 5.32 Å². The summed E-state index contributed by atoms with van der Waals surface area (Å²) in [4.78, 5) is 11.7. The van der Waals surface area contributed by atoms with Crippen LogP contribution in [0.4, 0.5) is 18.9 Å². The minimum Gasteiger partial charge on any atom is -0.435 e. The third kappa shape index (κ3) is 5.45. The topological polar surface area (TPSA) is 38.3 Å². The van der Waals surface area contributed by atoms with Gasteiger partial charge in [-0.3, -0.25) is 4.79 Å². The summed E-state index contributed by atoms with van der Waals surface area (Å²) in [7, 11) is 0. The molecule has 0 heterocycles. The van der Waals surface area contributed by atoms with E-state index in [1.807, 2.05) is 0 Å². The zero-order valence-electron chi connectivity index (χ0n) is 11.6. The quantitative estimate of drug-likeness (QED) is 0.747. The lowest BCUT2D eigenvalue weighted by atomic mass is 10.2. The van der Waals surface area contributed by atoms with Crippen molar-refractivity contribution < 1.29 is 22.7 Å². The second kappa shape index (κ2) is 7.82. The number of amides is 1. The SMILES string of the molecule is O=C(/C=C/c1ccc(OC(F)F)cc1)Nc1ccc(Br)cc1F. The number of anilines is 1. The lowest BCUT2D eigenvalue weighted by Crippen LogP contribution is -2.09. The molecule has 0 aliphatic rings. The van der Waals surface area contributed by atoms with E-state index in [1.165, 1.54) is 48.6 Å². The first-order valence-electron chi connectivity index (χ1n) is 6.43. The number of carbonyl (C=O) groups is 1. The number of carbonyl (C=O) groups excluding carboxylic acids is 1. The van der Waals surface area contributed by atoms with E-state index in [0.29, 0.717) is 10.0 Å². The molecule has 0 aliphatic carbocycles. The van der Waals surface area contributed by atoms with Crippen LogP contribution in [-0.4, -0.2) is 12.5 Å². The van der Waals surface area contributed by atoms with Gasteiger partial charge in [-0.15, -0.1) is 0 Å². The first-order chi connectivity index (χ1) is 10.9. The van der Waals surface area contributed by atoms with Gasteiger partial charge >= 0.3 is 6.61 Å². The summed E-state index contributed by atoms with van der Waals surface area (Å²) in [5.41, 5.74) is 0.668. The molecule has 2 rings (SSSR count). The second-order valence-electron chi connectivity index (χ2n) is 4.39. The predicted octanol–water partition coefficient (Wildman–Crippen LogP) is 4.84. The molecule has 0 saturated heterocycles. The van der Waals surface area contributed by atoms with E-state index in [4.69, 9.17) is 0 Å². The molecule has 0 radical (unpaired) electrons. The molecule has 0 aromatic heterocycles. The van der Waals surface area contributed by atoms with Gasteiger partial charge in [-0.1, -0.05) is 28.1 Å². The van der Waals surface area contributed by atoms with Crippen LogP contribution in [0.3, 0.4) is 0 Å². The summed E-state index contributed by atoms with van der Waals surface area (Å²) < 4.78 is 42.4. The van der Waals surface area contributed by atoms with E-state index in [-0.39, 0.29) is 11.4 Å². The fraction of sp³-hybridized carbons (Fsp3) is 0.0625. The summed E-state index contributed by atoms with van der Waals surface area (Å²) >= 11 is 3.12. The van der Waals surface area contributed by atoms with Gasteiger partial charge in [0.05, 0.1) is 5.69 Å². The molecule has 0 saturated carbocycles. The van der Waals surface area contributed by atoms with E-state index >= 15 is 0 Å². The first kappa shape index (κ1) is 17.1. The van der Waals surface area contributed by atoms with Crippen molar-refractivity contribution in [3.8, 4) is 5.75 Å². The first-order valence-corrected chi connectivity index (χ1v) is 7.22. The van der Waals surface area contributed by atoms with Gasteiger partial charge in [0.15, 0.2) is 0 Å². The molecule has 0 unspecified atom stereocenters. The van der Waals surface area contributed by atoms with Crippen LogP contribution in [0.2, 0.25) is 0 Å². The van der Waals surface area contributed by atoms with Crippen LogP contribution in [0.15, 0.2) is 53.0 Å². The third-order valence-corrected chi connectivity index (χ3v) is 3.21. The maximum absolute atomic E-state index is 13.6. The van der Waals surface area contributed by atoms with Crippen molar-refractivity contribution in [2.45, 2.75) is 6.61 Å². The normalized spacial score (nSPS) is 11.0. The van der Waals surface area contributed by atoms with Crippen molar-refractivity contribution in [1.29, 1.82) is 0 Å². The van der Waals surface area contributed by atoms with Crippen LogP contribution in [0.25, 0.3) is 6.08 Å². The molecule has 23 heavy (non-hydrogen) atoms. The van der Waals surface area contributed by atoms with Crippen molar-refractivity contribution in [3.05, 3.63) is 64.4 Å². The molecule has 2 aromatic carbocycles. The van der Waals surface area contributed by atoms with Gasteiger partial charge in [-0.25, -0.2) is 4.39 Å². The predicted molar refractivity (Wildman–Crippen MR) is 84.8 cm³/mol. The van der Waals surface area contributed by atoms with E-state index in [9.17, 15) is 18.0 Å². The van der Waals surface area contributed by atoms with E-state index in [0.717, 1.165) is 0 Å². The number of hydrogen-bond donors (Lipinski definition) is 1. The van der Waals surface area contributed by atoms with Gasteiger partial charge in [0.25, 0.3) is 0 Å². The van der Waals surface area contributed by atoms with E-state index in [2.05, 4.69) is 26.0 Å². The molecule has 0 spiro atoms. The summed E-state index contributed by atoms with van der Waals surface area (Å²) in [5, 5.41) is 2.40. The molecular formula is C16H11BrF3NO2. The van der Waals surface area contributed by atoms with Crippen molar-refractivity contribution in [1.82, 2.24) is 0 Å². The third-order valence-electron chi connectivity index (χ3n) is 2.72. The molecule has 2 aromatic rings. The number of hydrogen-bond acceptors (Lipinski definition) is 2. The van der Waals surface area contributed by atoms with Gasteiger partial charge in [0.1, 0.15) is 11.6 Å². The number of benzene rings is 2. The Kier molecular flexibility index (Phi) is 5.81. The number of ether oxygens (including phenoxy) is 1. The Morgan fingerprint density at radius 3 is 2.48 bits per heavy atom. The highest BCUT2D eigenvalue weighted by Crippen LogP contribution is 2.19. The molecule has 0 atom stereocenters. The Hall–Kier alpha value is -2.28. The maximum Gasteiger partial charge on any atom is 0.387 e. The highest BCUT2D eigenvalue weighted by molar-refractivity contribution is 9.10. The minimum absolute atomic E-state index is 0.0264. The van der Waals surface area contributed by atoms with Crippen molar-refractivity contribution >= 4 is 33.6 Å². The molecule has 3 nitrogen and oxygen atoms in total. The smallest absolute Gasteiger partial charge is 0.387 e. The average Bonchev–Trinajstić information content (AvgIpc) is 2.49. The number of nitrogens with one attached hydrogen (secondary N) is 1.